The smallest absolute Gasteiger partial charge is 0.239 e. The zero-order valence-corrected chi connectivity index (χ0v) is 11.9. The second-order valence-electron chi connectivity index (χ2n) is 6.04. The summed E-state index contributed by atoms with van der Waals surface area (Å²) in [4.78, 5) is 14.0. The van der Waals surface area contributed by atoms with Gasteiger partial charge < -0.3 is 10.2 Å². The van der Waals surface area contributed by atoms with Crippen molar-refractivity contribution in [2.24, 2.45) is 0 Å². The molecule has 1 saturated heterocycles. The topological polar surface area (TPSA) is 32.3 Å². The lowest BCUT2D eigenvalue weighted by Crippen LogP contribution is -2.60. The van der Waals surface area contributed by atoms with Gasteiger partial charge in [-0.05, 0) is 45.7 Å². The molecule has 0 aliphatic carbocycles. The van der Waals surface area contributed by atoms with Gasteiger partial charge in [-0.3, -0.25) is 4.79 Å². The zero-order chi connectivity index (χ0) is 13.5. The maximum atomic E-state index is 11.8. The van der Waals surface area contributed by atoms with Crippen LogP contribution in [0.1, 0.15) is 30.5 Å². The molecule has 0 spiro atoms. The van der Waals surface area contributed by atoms with E-state index in [0.29, 0.717) is 6.54 Å². The number of carbonyl (C=O) groups excluding carboxylic acids is 1. The van der Waals surface area contributed by atoms with Crippen molar-refractivity contribution in [1.82, 2.24) is 5.32 Å². The van der Waals surface area contributed by atoms with E-state index in [1.807, 2.05) is 0 Å². The van der Waals surface area contributed by atoms with Crippen molar-refractivity contribution < 1.29 is 4.79 Å². The van der Waals surface area contributed by atoms with Gasteiger partial charge in [-0.2, -0.15) is 0 Å². The average Bonchev–Trinajstić information content (AvgIpc) is 2.11. The molecule has 1 aromatic carbocycles. The number of amides is 1. The SMILES string of the molecule is Cc1cc(C)c(N2CC(=O)NC(C)(C)C2)c(C)c1. The van der Waals surface area contributed by atoms with Gasteiger partial charge in [0, 0.05) is 12.2 Å². The van der Waals surface area contributed by atoms with Crippen LogP contribution < -0.4 is 10.2 Å². The van der Waals surface area contributed by atoms with Crippen molar-refractivity contribution in [1.29, 1.82) is 0 Å². The number of rotatable bonds is 1. The van der Waals surface area contributed by atoms with Crippen LogP contribution in [0.15, 0.2) is 12.1 Å². The molecular weight excluding hydrogens is 224 g/mol. The molecule has 0 bridgehead atoms. The summed E-state index contributed by atoms with van der Waals surface area (Å²) < 4.78 is 0. The maximum absolute atomic E-state index is 11.8. The highest BCUT2D eigenvalue weighted by molar-refractivity contribution is 5.84. The molecule has 1 aliphatic rings. The van der Waals surface area contributed by atoms with E-state index >= 15 is 0 Å². The van der Waals surface area contributed by atoms with E-state index in [1.165, 1.54) is 22.4 Å². The fourth-order valence-electron chi connectivity index (χ4n) is 2.99. The number of piperazine rings is 1. The molecule has 18 heavy (non-hydrogen) atoms. The van der Waals surface area contributed by atoms with Crippen molar-refractivity contribution in [3.8, 4) is 0 Å². The van der Waals surface area contributed by atoms with E-state index in [9.17, 15) is 4.79 Å². The van der Waals surface area contributed by atoms with E-state index in [2.05, 4.69) is 57.0 Å². The van der Waals surface area contributed by atoms with E-state index in [-0.39, 0.29) is 11.4 Å². The van der Waals surface area contributed by atoms with Crippen LogP contribution in [0.25, 0.3) is 0 Å². The van der Waals surface area contributed by atoms with Crippen molar-refractivity contribution in [2.75, 3.05) is 18.0 Å². The van der Waals surface area contributed by atoms with Crippen LogP contribution in [0.3, 0.4) is 0 Å². The molecule has 0 saturated carbocycles. The fraction of sp³-hybridized carbons (Fsp3) is 0.533. The van der Waals surface area contributed by atoms with Gasteiger partial charge in [0.1, 0.15) is 0 Å². The Balaban J connectivity index is 2.40. The monoisotopic (exact) mass is 246 g/mol. The molecule has 0 atom stereocenters. The Kier molecular flexibility index (Phi) is 3.09. The van der Waals surface area contributed by atoms with Crippen LogP contribution in [0.4, 0.5) is 5.69 Å². The first kappa shape index (κ1) is 12.9. The molecule has 1 aromatic rings. The summed E-state index contributed by atoms with van der Waals surface area (Å²) in [6.45, 7) is 11.8. The summed E-state index contributed by atoms with van der Waals surface area (Å²) in [5, 5.41) is 3.03. The molecule has 0 unspecified atom stereocenters. The number of benzene rings is 1. The zero-order valence-electron chi connectivity index (χ0n) is 11.9. The number of anilines is 1. The molecule has 1 amide bonds. The molecule has 1 aliphatic heterocycles. The molecule has 1 heterocycles. The van der Waals surface area contributed by atoms with E-state index in [0.717, 1.165) is 6.54 Å². The number of carbonyl (C=O) groups is 1. The Morgan fingerprint density at radius 2 is 1.72 bits per heavy atom. The van der Waals surface area contributed by atoms with E-state index in [4.69, 9.17) is 0 Å². The highest BCUT2D eigenvalue weighted by Crippen LogP contribution is 2.28. The Hall–Kier alpha value is -1.51. The van der Waals surface area contributed by atoms with Crippen molar-refractivity contribution in [3.05, 3.63) is 28.8 Å². The predicted molar refractivity (Wildman–Crippen MR) is 75.1 cm³/mol. The summed E-state index contributed by atoms with van der Waals surface area (Å²) in [5.74, 6) is 0.102. The highest BCUT2D eigenvalue weighted by Gasteiger charge is 2.31. The van der Waals surface area contributed by atoms with Crippen LogP contribution in [-0.4, -0.2) is 24.5 Å². The molecule has 0 aromatic heterocycles. The normalized spacial score (nSPS) is 18.7. The van der Waals surface area contributed by atoms with Crippen molar-refractivity contribution >= 4 is 11.6 Å². The molecule has 3 heteroatoms. The molecule has 1 N–H and O–H groups in total. The van der Waals surface area contributed by atoms with Crippen LogP contribution >= 0.6 is 0 Å². The van der Waals surface area contributed by atoms with Crippen molar-refractivity contribution in [3.63, 3.8) is 0 Å². The number of hydrogen-bond acceptors (Lipinski definition) is 2. The van der Waals surface area contributed by atoms with Crippen LogP contribution in [-0.2, 0) is 4.79 Å². The second kappa shape index (κ2) is 4.30. The lowest BCUT2D eigenvalue weighted by atomic mass is 9.98. The lowest BCUT2D eigenvalue weighted by Gasteiger charge is -2.41. The van der Waals surface area contributed by atoms with Gasteiger partial charge in [0.2, 0.25) is 5.91 Å². The number of nitrogens with one attached hydrogen (secondary N) is 1. The average molecular weight is 246 g/mol. The number of aryl methyl sites for hydroxylation is 3. The number of hydrogen-bond donors (Lipinski definition) is 1. The third-order valence-electron chi connectivity index (χ3n) is 3.35. The minimum Gasteiger partial charge on any atom is -0.359 e. The molecule has 98 valence electrons. The number of nitrogens with zero attached hydrogens (tertiary/aromatic N) is 1. The Morgan fingerprint density at radius 1 is 1.17 bits per heavy atom. The summed E-state index contributed by atoms with van der Waals surface area (Å²) in [5.41, 5.74) is 4.81. The van der Waals surface area contributed by atoms with Gasteiger partial charge in [0.25, 0.3) is 0 Å². The van der Waals surface area contributed by atoms with Crippen LogP contribution in [0.5, 0.6) is 0 Å². The van der Waals surface area contributed by atoms with Gasteiger partial charge in [0.05, 0.1) is 12.1 Å². The minimum absolute atomic E-state index is 0.102. The highest BCUT2D eigenvalue weighted by atomic mass is 16.2. The first-order valence-corrected chi connectivity index (χ1v) is 6.42. The first-order chi connectivity index (χ1) is 8.28. The molecule has 3 nitrogen and oxygen atoms in total. The largest absolute Gasteiger partial charge is 0.359 e. The predicted octanol–water partition coefficient (Wildman–Crippen LogP) is 2.33. The van der Waals surface area contributed by atoms with Gasteiger partial charge in [-0.15, -0.1) is 0 Å². The van der Waals surface area contributed by atoms with Crippen LogP contribution in [0.2, 0.25) is 0 Å². The summed E-state index contributed by atoms with van der Waals surface area (Å²) in [7, 11) is 0. The molecule has 1 fully saturated rings. The minimum atomic E-state index is -0.168. The maximum Gasteiger partial charge on any atom is 0.239 e. The summed E-state index contributed by atoms with van der Waals surface area (Å²) in [6, 6.07) is 4.36. The quantitative estimate of drug-likeness (QED) is 0.825. The second-order valence-corrected chi connectivity index (χ2v) is 6.04. The summed E-state index contributed by atoms with van der Waals surface area (Å²) in [6.07, 6.45) is 0. The first-order valence-electron chi connectivity index (χ1n) is 6.42. The molecule has 0 radical (unpaired) electrons. The fourth-order valence-corrected chi connectivity index (χ4v) is 2.99. The molecule has 2 rings (SSSR count). The standard InChI is InChI=1S/C15H22N2O/c1-10-6-11(2)14(12(3)7-10)17-8-13(18)16-15(4,5)9-17/h6-7H,8-9H2,1-5H3,(H,16,18). The third kappa shape index (κ3) is 2.50. The van der Waals surface area contributed by atoms with Gasteiger partial charge in [-0.1, -0.05) is 17.7 Å². The van der Waals surface area contributed by atoms with Crippen molar-refractivity contribution in [2.45, 2.75) is 40.2 Å². The van der Waals surface area contributed by atoms with Gasteiger partial charge in [-0.25, -0.2) is 0 Å². The molecular formula is C15H22N2O. The van der Waals surface area contributed by atoms with Gasteiger partial charge in [0.15, 0.2) is 0 Å². The third-order valence-corrected chi connectivity index (χ3v) is 3.35. The van der Waals surface area contributed by atoms with E-state index < -0.39 is 0 Å². The lowest BCUT2D eigenvalue weighted by molar-refractivity contribution is -0.122. The van der Waals surface area contributed by atoms with E-state index in [1.54, 1.807) is 0 Å². The Labute approximate surface area is 109 Å². The summed E-state index contributed by atoms with van der Waals surface area (Å²) >= 11 is 0. The van der Waals surface area contributed by atoms with Gasteiger partial charge >= 0.3 is 0 Å². The Bertz CT molecular complexity index is 468. The Morgan fingerprint density at radius 3 is 2.22 bits per heavy atom. The van der Waals surface area contributed by atoms with Crippen LogP contribution in [0, 0.1) is 20.8 Å².